The van der Waals surface area contributed by atoms with E-state index in [0.29, 0.717) is 36.3 Å². The summed E-state index contributed by atoms with van der Waals surface area (Å²) in [5.74, 6) is 1.25. The highest BCUT2D eigenvalue weighted by Crippen LogP contribution is 2.40. The Morgan fingerprint density at radius 1 is 1.21 bits per heavy atom. The predicted octanol–water partition coefficient (Wildman–Crippen LogP) is 4.07. The first-order valence-electron chi connectivity index (χ1n) is 9.49. The highest BCUT2D eigenvalue weighted by atomic mass is 16.5. The average Bonchev–Trinajstić information content (AvgIpc) is 3.02. The molecule has 0 saturated carbocycles. The van der Waals surface area contributed by atoms with Crippen molar-refractivity contribution in [3.8, 4) is 11.5 Å². The van der Waals surface area contributed by atoms with Crippen LogP contribution < -0.4 is 9.47 Å². The molecule has 1 N–H and O–H groups in total. The number of aromatic nitrogens is 1. The van der Waals surface area contributed by atoms with Gasteiger partial charge in [0.1, 0.15) is 17.2 Å². The summed E-state index contributed by atoms with van der Waals surface area (Å²) < 4.78 is 16.2. The summed E-state index contributed by atoms with van der Waals surface area (Å²) in [6, 6.07) is 5.60. The van der Waals surface area contributed by atoms with Gasteiger partial charge in [-0.3, -0.25) is 4.79 Å². The number of carbonyl (C=O) groups is 2. The minimum Gasteiger partial charge on any atom is -0.497 e. The minimum atomic E-state index is -0.413. The third kappa shape index (κ3) is 3.77. The second kappa shape index (κ2) is 8.09. The first-order valence-corrected chi connectivity index (χ1v) is 9.49. The van der Waals surface area contributed by atoms with Gasteiger partial charge >= 0.3 is 5.97 Å². The van der Waals surface area contributed by atoms with Gasteiger partial charge in [-0.2, -0.15) is 0 Å². The van der Waals surface area contributed by atoms with Gasteiger partial charge in [-0.25, -0.2) is 4.79 Å². The number of aromatic amines is 1. The molecule has 0 spiro atoms. The second-order valence-corrected chi connectivity index (χ2v) is 7.61. The Balaban J connectivity index is 1.93. The number of Topliss-reactive ketones (excluding diaryl/α,β-unsaturated/α-hetero) is 1. The van der Waals surface area contributed by atoms with Gasteiger partial charge in [0.15, 0.2) is 5.78 Å². The maximum absolute atomic E-state index is 12.9. The first-order chi connectivity index (χ1) is 13.3. The SMILES string of the molecule is COc1ccc(OC)c([C@@H]2CC(=O)c3c([nH]c(C(=O)OCC(C)C)c3C)C2)c1. The Kier molecular flexibility index (Phi) is 5.77. The zero-order chi connectivity index (χ0) is 20.4. The molecule has 0 aliphatic heterocycles. The lowest BCUT2D eigenvalue weighted by Crippen LogP contribution is -2.19. The Labute approximate surface area is 165 Å². The van der Waals surface area contributed by atoms with E-state index in [1.54, 1.807) is 21.1 Å². The van der Waals surface area contributed by atoms with Gasteiger partial charge in [0.05, 0.1) is 20.8 Å². The Hall–Kier alpha value is -2.76. The monoisotopic (exact) mass is 385 g/mol. The molecule has 0 radical (unpaired) electrons. The van der Waals surface area contributed by atoms with Crippen LogP contribution in [0.5, 0.6) is 11.5 Å². The topological polar surface area (TPSA) is 77.6 Å². The minimum absolute atomic E-state index is 0.0211. The Morgan fingerprint density at radius 2 is 1.96 bits per heavy atom. The van der Waals surface area contributed by atoms with Crippen LogP contribution in [-0.2, 0) is 11.2 Å². The summed E-state index contributed by atoms with van der Waals surface area (Å²) in [5.41, 5.74) is 3.37. The molecule has 1 aliphatic rings. The number of fused-ring (bicyclic) bond motifs is 1. The number of rotatable bonds is 6. The van der Waals surface area contributed by atoms with Gasteiger partial charge in [-0.1, -0.05) is 13.8 Å². The normalized spacial score (nSPS) is 16.1. The summed E-state index contributed by atoms with van der Waals surface area (Å²) in [6.45, 7) is 6.11. The van der Waals surface area contributed by atoms with Crippen LogP contribution in [0.15, 0.2) is 18.2 Å². The maximum Gasteiger partial charge on any atom is 0.355 e. The van der Waals surface area contributed by atoms with E-state index in [9.17, 15) is 9.59 Å². The summed E-state index contributed by atoms with van der Waals surface area (Å²) in [5, 5.41) is 0. The van der Waals surface area contributed by atoms with Crippen LogP contribution in [0.2, 0.25) is 0 Å². The number of H-pyrrole nitrogens is 1. The number of carbonyl (C=O) groups excluding carboxylic acids is 2. The molecule has 1 aliphatic carbocycles. The number of nitrogens with one attached hydrogen (secondary N) is 1. The van der Waals surface area contributed by atoms with Crippen molar-refractivity contribution in [3.05, 3.63) is 46.3 Å². The van der Waals surface area contributed by atoms with Crippen molar-refractivity contribution < 1.29 is 23.8 Å². The molecule has 2 aromatic rings. The van der Waals surface area contributed by atoms with Crippen molar-refractivity contribution in [2.75, 3.05) is 20.8 Å². The van der Waals surface area contributed by atoms with Crippen LogP contribution in [0.1, 0.15) is 63.9 Å². The standard InChI is InChI=1S/C22H27NO5/c1-12(2)11-28-22(25)21-13(3)20-17(23-21)8-14(9-18(20)24)16-10-15(26-4)6-7-19(16)27-5/h6-7,10,12,14,23H,8-9,11H2,1-5H3/t14-/m0/s1. The molecule has 1 atom stereocenters. The van der Waals surface area contributed by atoms with E-state index >= 15 is 0 Å². The van der Waals surface area contributed by atoms with Crippen LogP contribution in [0.4, 0.5) is 0 Å². The summed E-state index contributed by atoms with van der Waals surface area (Å²) >= 11 is 0. The molecule has 0 fully saturated rings. The summed E-state index contributed by atoms with van der Waals surface area (Å²) in [4.78, 5) is 28.5. The molecule has 1 heterocycles. The van der Waals surface area contributed by atoms with E-state index < -0.39 is 5.97 Å². The largest absolute Gasteiger partial charge is 0.497 e. The highest BCUT2D eigenvalue weighted by Gasteiger charge is 2.33. The number of hydrogen-bond donors (Lipinski definition) is 1. The molecule has 0 unspecified atom stereocenters. The number of methoxy groups -OCH3 is 2. The zero-order valence-electron chi connectivity index (χ0n) is 17.0. The van der Waals surface area contributed by atoms with Gasteiger partial charge < -0.3 is 19.2 Å². The summed E-state index contributed by atoms with van der Waals surface area (Å²) in [6.07, 6.45) is 0.971. The van der Waals surface area contributed by atoms with Crippen molar-refractivity contribution in [2.24, 2.45) is 5.92 Å². The molecular weight excluding hydrogens is 358 g/mol. The number of benzene rings is 1. The quantitative estimate of drug-likeness (QED) is 0.759. The van der Waals surface area contributed by atoms with Crippen molar-refractivity contribution in [3.63, 3.8) is 0 Å². The van der Waals surface area contributed by atoms with E-state index in [1.807, 2.05) is 32.0 Å². The predicted molar refractivity (Wildman–Crippen MR) is 106 cm³/mol. The molecule has 28 heavy (non-hydrogen) atoms. The van der Waals surface area contributed by atoms with Gasteiger partial charge in [0.2, 0.25) is 0 Å². The average molecular weight is 385 g/mol. The second-order valence-electron chi connectivity index (χ2n) is 7.61. The molecule has 1 aromatic carbocycles. The Bertz CT molecular complexity index is 897. The molecular formula is C22H27NO5. The van der Waals surface area contributed by atoms with E-state index in [2.05, 4.69) is 4.98 Å². The fourth-order valence-electron chi connectivity index (χ4n) is 3.73. The Morgan fingerprint density at radius 3 is 2.61 bits per heavy atom. The van der Waals surface area contributed by atoms with Gasteiger partial charge in [-0.15, -0.1) is 0 Å². The molecule has 1 aromatic heterocycles. The van der Waals surface area contributed by atoms with Crippen LogP contribution in [0, 0.1) is 12.8 Å². The van der Waals surface area contributed by atoms with Crippen LogP contribution in [0.3, 0.4) is 0 Å². The van der Waals surface area contributed by atoms with E-state index in [0.717, 1.165) is 22.8 Å². The molecule has 150 valence electrons. The molecule has 0 saturated heterocycles. The molecule has 0 amide bonds. The molecule has 3 rings (SSSR count). The van der Waals surface area contributed by atoms with Crippen molar-refractivity contribution in [2.45, 2.75) is 39.5 Å². The zero-order valence-corrected chi connectivity index (χ0v) is 17.0. The lowest BCUT2D eigenvalue weighted by molar-refractivity contribution is 0.0451. The van der Waals surface area contributed by atoms with E-state index in [1.165, 1.54) is 0 Å². The lowest BCUT2D eigenvalue weighted by Gasteiger charge is -2.24. The smallest absolute Gasteiger partial charge is 0.355 e. The fraction of sp³-hybridized carbons (Fsp3) is 0.455. The number of hydrogen-bond acceptors (Lipinski definition) is 5. The third-order valence-corrected chi connectivity index (χ3v) is 5.12. The lowest BCUT2D eigenvalue weighted by atomic mass is 9.81. The first kappa shape index (κ1) is 20.0. The highest BCUT2D eigenvalue weighted by molar-refractivity contribution is 6.03. The number of ketones is 1. The van der Waals surface area contributed by atoms with Crippen molar-refractivity contribution in [1.29, 1.82) is 0 Å². The van der Waals surface area contributed by atoms with Crippen LogP contribution in [-0.4, -0.2) is 37.6 Å². The van der Waals surface area contributed by atoms with Crippen molar-refractivity contribution >= 4 is 11.8 Å². The van der Waals surface area contributed by atoms with E-state index in [4.69, 9.17) is 14.2 Å². The molecule has 0 bridgehead atoms. The van der Waals surface area contributed by atoms with Crippen molar-refractivity contribution in [1.82, 2.24) is 4.98 Å². The molecule has 6 nitrogen and oxygen atoms in total. The fourth-order valence-corrected chi connectivity index (χ4v) is 3.73. The maximum atomic E-state index is 12.9. The number of ether oxygens (including phenoxy) is 3. The molecule has 6 heteroatoms. The third-order valence-electron chi connectivity index (χ3n) is 5.12. The summed E-state index contributed by atoms with van der Waals surface area (Å²) in [7, 11) is 3.22. The van der Waals surface area contributed by atoms with Gasteiger partial charge in [-0.05, 0) is 43.0 Å². The van der Waals surface area contributed by atoms with Crippen LogP contribution >= 0.6 is 0 Å². The number of esters is 1. The van der Waals surface area contributed by atoms with Crippen LogP contribution in [0.25, 0.3) is 0 Å². The van der Waals surface area contributed by atoms with Gasteiger partial charge in [0.25, 0.3) is 0 Å². The van der Waals surface area contributed by atoms with E-state index in [-0.39, 0.29) is 17.6 Å². The van der Waals surface area contributed by atoms with Gasteiger partial charge in [0, 0.05) is 29.2 Å².